The molecule has 19 heavy (non-hydrogen) atoms. The fourth-order valence-electron chi connectivity index (χ4n) is 1.49. The predicted molar refractivity (Wildman–Crippen MR) is 80.8 cm³/mol. The molecule has 1 heterocycles. The molecular formula is C12H16Cl2N4O. The van der Waals surface area contributed by atoms with Gasteiger partial charge in [0.15, 0.2) is 5.82 Å². The molecule has 0 saturated heterocycles. The van der Waals surface area contributed by atoms with Crippen LogP contribution in [0.1, 0.15) is 6.42 Å². The molecule has 4 N–H and O–H groups in total. The lowest BCUT2D eigenvalue weighted by Gasteiger charge is -1.98. The van der Waals surface area contributed by atoms with Crippen LogP contribution >= 0.6 is 24.8 Å². The van der Waals surface area contributed by atoms with Crippen molar-refractivity contribution in [3.05, 3.63) is 36.4 Å². The van der Waals surface area contributed by atoms with Crippen molar-refractivity contribution in [1.29, 1.82) is 0 Å². The highest BCUT2D eigenvalue weighted by Gasteiger charge is 2.05. The number of H-pyrrole nitrogens is 1. The van der Waals surface area contributed by atoms with Gasteiger partial charge in [-0.05, 0) is 5.56 Å². The summed E-state index contributed by atoms with van der Waals surface area (Å²) < 4.78 is 0. The van der Waals surface area contributed by atoms with Gasteiger partial charge in [-0.1, -0.05) is 30.3 Å². The van der Waals surface area contributed by atoms with E-state index in [4.69, 9.17) is 5.73 Å². The number of aromatic amines is 1. The number of aromatic nitrogens is 2. The quantitative estimate of drug-likeness (QED) is 0.809. The summed E-state index contributed by atoms with van der Waals surface area (Å²) in [6, 6.07) is 11.6. The molecule has 0 aliphatic carbocycles. The summed E-state index contributed by atoms with van der Waals surface area (Å²) in [5, 5.41) is 9.56. The Bertz CT molecular complexity index is 501. The first kappa shape index (κ1) is 17.4. The SMILES string of the molecule is Cl.Cl.NCCC(=O)Nc1cc(-c2ccccc2)[nH]n1. The summed E-state index contributed by atoms with van der Waals surface area (Å²) in [6.45, 7) is 0.335. The van der Waals surface area contributed by atoms with Crippen molar-refractivity contribution in [2.45, 2.75) is 6.42 Å². The van der Waals surface area contributed by atoms with Crippen LogP contribution in [-0.2, 0) is 4.79 Å². The number of rotatable bonds is 4. The first-order chi connectivity index (χ1) is 8.29. The Morgan fingerprint density at radius 3 is 2.58 bits per heavy atom. The average molecular weight is 303 g/mol. The molecule has 0 spiro atoms. The number of nitrogens with two attached hydrogens (primary N) is 1. The van der Waals surface area contributed by atoms with Gasteiger partial charge >= 0.3 is 0 Å². The number of carbonyl (C=O) groups excluding carboxylic acids is 1. The zero-order chi connectivity index (χ0) is 12.1. The molecule has 0 atom stereocenters. The normalized spacial score (nSPS) is 9.11. The number of halogens is 2. The molecule has 1 aromatic heterocycles. The van der Waals surface area contributed by atoms with E-state index >= 15 is 0 Å². The molecule has 1 aromatic carbocycles. The molecule has 104 valence electrons. The molecule has 0 fully saturated rings. The zero-order valence-corrected chi connectivity index (χ0v) is 11.8. The monoisotopic (exact) mass is 302 g/mol. The average Bonchev–Trinajstić information content (AvgIpc) is 2.79. The standard InChI is InChI=1S/C12H14N4O.2ClH/c13-7-6-12(17)14-11-8-10(15-16-11)9-4-2-1-3-5-9;;/h1-5,8H,6-7,13H2,(H2,14,15,16,17);2*1H. The number of amides is 1. The maximum Gasteiger partial charge on any atom is 0.226 e. The Morgan fingerprint density at radius 2 is 1.95 bits per heavy atom. The van der Waals surface area contributed by atoms with Crippen LogP contribution in [-0.4, -0.2) is 22.6 Å². The minimum absolute atomic E-state index is 0. The van der Waals surface area contributed by atoms with Crippen molar-refractivity contribution in [3.63, 3.8) is 0 Å². The van der Waals surface area contributed by atoms with Gasteiger partial charge in [-0.15, -0.1) is 24.8 Å². The van der Waals surface area contributed by atoms with E-state index in [1.165, 1.54) is 0 Å². The largest absolute Gasteiger partial charge is 0.330 e. The Balaban J connectivity index is 0.00000162. The van der Waals surface area contributed by atoms with Crippen molar-refractivity contribution in [2.24, 2.45) is 5.73 Å². The van der Waals surface area contributed by atoms with Crippen LogP contribution in [0, 0.1) is 0 Å². The van der Waals surface area contributed by atoms with Crippen molar-refractivity contribution in [1.82, 2.24) is 10.2 Å². The van der Waals surface area contributed by atoms with Crippen LogP contribution in [0.4, 0.5) is 5.82 Å². The summed E-state index contributed by atoms with van der Waals surface area (Å²) in [6.07, 6.45) is 0.299. The molecule has 1 amide bonds. The summed E-state index contributed by atoms with van der Waals surface area (Å²) in [7, 11) is 0. The van der Waals surface area contributed by atoms with Gasteiger partial charge in [0.05, 0.1) is 5.69 Å². The molecule has 0 aliphatic heterocycles. The summed E-state index contributed by atoms with van der Waals surface area (Å²) >= 11 is 0. The molecule has 0 saturated carbocycles. The van der Waals surface area contributed by atoms with Gasteiger partial charge in [-0.25, -0.2) is 0 Å². The predicted octanol–water partition coefficient (Wildman–Crippen LogP) is 2.21. The highest BCUT2D eigenvalue weighted by Crippen LogP contribution is 2.18. The fraction of sp³-hybridized carbons (Fsp3) is 0.167. The molecule has 0 bridgehead atoms. The maximum atomic E-state index is 11.3. The number of hydrogen-bond donors (Lipinski definition) is 3. The third-order valence-electron chi connectivity index (χ3n) is 2.30. The Morgan fingerprint density at radius 1 is 1.26 bits per heavy atom. The Labute approximate surface area is 123 Å². The van der Waals surface area contributed by atoms with Crippen molar-refractivity contribution in [3.8, 4) is 11.3 Å². The molecule has 2 aromatic rings. The van der Waals surface area contributed by atoms with E-state index in [0.29, 0.717) is 18.8 Å². The molecular weight excluding hydrogens is 287 g/mol. The smallest absolute Gasteiger partial charge is 0.226 e. The van der Waals surface area contributed by atoms with E-state index in [9.17, 15) is 4.79 Å². The highest BCUT2D eigenvalue weighted by atomic mass is 35.5. The zero-order valence-electron chi connectivity index (χ0n) is 10.1. The van der Waals surface area contributed by atoms with E-state index in [1.807, 2.05) is 30.3 Å². The molecule has 0 aliphatic rings. The van der Waals surface area contributed by atoms with Crippen molar-refractivity contribution < 1.29 is 4.79 Å². The second-order valence-corrected chi connectivity index (χ2v) is 3.62. The van der Waals surface area contributed by atoms with Crippen LogP contribution in [0.5, 0.6) is 0 Å². The number of hydrogen-bond acceptors (Lipinski definition) is 3. The third kappa shape index (κ3) is 4.90. The lowest BCUT2D eigenvalue weighted by molar-refractivity contribution is -0.116. The maximum absolute atomic E-state index is 11.3. The molecule has 7 heteroatoms. The fourth-order valence-corrected chi connectivity index (χ4v) is 1.49. The number of anilines is 1. The van der Waals surface area contributed by atoms with Crippen LogP contribution in [0.2, 0.25) is 0 Å². The van der Waals surface area contributed by atoms with Crippen molar-refractivity contribution >= 4 is 36.5 Å². The molecule has 2 rings (SSSR count). The van der Waals surface area contributed by atoms with Gasteiger partial charge < -0.3 is 11.1 Å². The van der Waals surface area contributed by atoms with Crippen LogP contribution in [0.3, 0.4) is 0 Å². The number of benzene rings is 1. The number of nitrogens with one attached hydrogen (secondary N) is 2. The first-order valence-electron chi connectivity index (χ1n) is 5.40. The lowest BCUT2D eigenvalue weighted by atomic mass is 10.1. The van der Waals surface area contributed by atoms with E-state index in [2.05, 4.69) is 15.5 Å². The lowest BCUT2D eigenvalue weighted by Crippen LogP contribution is -2.16. The summed E-state index contributed by atoms with van der Waals surface area (Å²) in [4.78, 5) is 11.3. The van der Waals surface area contributed by atoms with Crippen LogP contribution < -0.4 is 11.1 Å². The van der Waals surface area contributed by atoms with Crippen molar-refractivity contribution in [2.75, 3.05) is 11.9 Å². The van der Waals surface area contributed by atoms with Gasteiger partial charge in [0.25, 0.3) is 0 Å². The van der Waals surface area contributed by atoms with Gasteiger partial charge in [0.1, 0.15) is 0 Å². The van der Waals surface area contributed by atoms with Gasteiger partial charge in [-0.2, -0.15) is 5.10 Å². The number of carbonyl (C=O) groups is 1. The van der Waals surface area contributed by atoms with E-state index in [-0.39, 0.29) is 30.7 Å². The minimum Gasteiger partial charge on any atom is -0.330 e. The van der Waals surface area contributed by atoms with E-state index < -0.39 is 0 Å². The van der Waals surface area contributed by atoms with Gasteiger partial charge in [0, 0.05) is 19.0 Å². The van der Waals surface area contributed by atoms with E-state index in [1.54, 1.807) is 6.07 Å². The van der Waals surface area contributed by atoms with E-state index in [0.717, 1.165) is 11.3 Å². The van der Waals surface area contributed by atoms with Crippen LogP contribution in [0.15, 0.2) is 36.4 Å². The molecule has 0 unspecified atom stereocenters. The number of nitrogens with zero attached hydrogens (tertiary/aromatic N) is 1. The van der Waals surface area contributed by atoms with Gasteiger partial charge in [-0.3, -0.25) is 9.89 Å². The third-order valence-corrected chi connectivity index (χ3v) is 2.30. The summed E-state index contributed by atoms with van der Waals surface area (Å²) in [5.74, 6) is 0.390. The molecule has 5 nitrogen and oxygen atoms in total. The highest BCUT2D eigenvalue weighted by molar-refractivity contribution is 5.90. The first-order valence-corrected chi connectivity index (χ1v) is 5.40. The second-order valence-electron chi connectivity index (χ2n) is 3.62. The Hall–Kier alpha value is -1.56. The Kier molecular flexibility index (Phi) is 7.83. The van der Waals surface area contributed by atoms with Crippen LogP contribution in [0.25, 0.3) is 11.3 Å². The summed E-state index contributed by atoms with van der Waals surface area (Å²) in [5.41, 5.74) is 7.19. The second kappa shape index (κ2) is 8.53. The van der Waals surface area contributed by atoms with Gasteiger partial charge in [0.2, 0.25) is 5.91 Å². The molecule has 0 radical (unpaired) electrons. The topological polar surface area (TPSA) is 83.8 Å². The minimum atomic E-state index is -0.126.